The highest BCUT2D eigenvalue weighted by Crippen LogP contribution is 2.23. The van der Waals surface area contributed by atoms with Crippen molar-refractivity contribution in [2.75, 3.05) is 5.32 Å². The van der Waals surface area contributed by atoms with E-state index in [2.05, 4.69) is 5.32 Å². The Morgan fingerprint density at radius 1 is 1.09 bits per heavy atom. The molecule has 0 radical (unpaired) electrons. The predicted octanol–water partition coefficient (Wildman–Crippen LogP) is 4.00. The Balaban J connectivity index is 1.91. The number of nitrogens with one attached hydrogen (secondary N) is 1. The van der Waals surface area contributed by atoms with Crippen LogP contribution in [0.2, 0.25) is 0 Å². The van der Waals surface area contributed by atoms with Crippen molar-refractivity contribution in [3.8, 4) is 0 Å². The van der Waals surface area contributed by atoms with Crippen LogP contribution in [0.15, 0.2) is 46.9 Å². The highest BCUT2D eigenvalue weighted by Gasteiger charge is 2.14. The van der Waals surface area contributed by atoms with Gasteiger partial charge >= 0.3 is 5.97 Å². The molecule has 0 aliphatic rings. The van der Waals surface area contributed by atoms with E-state index in [0.717, 1.165) is 16.5 Å². The third-order valence-corrected chi connectivity index (χ3v) is 3.55. The maximum Gasteiger partial charge on any atom is 0.335 e. The number of anilines is 1. The number of carbonyl (C=O) groups excluding carboxylic acids is 1. The number of benzene rings is 2. The van der Waals surface area contributed by atoms with E-state index >= 15 is 0 Å². The van der Waals surface area contributed by atoms with E-state index in [4.69, 9.17) is 9.52 Å². The van der Waals surface area contributed by atoms with Crippen LogP contribution in [0, 0.1) is 13.8 Å². The number of hydrogen-bond acceptors (Lipinski definition) is 3. The fourth-order valence-electron chi connectivity index (χ4n) is 2.49. The molecule has 0 saturated carbocycles. The lowest BCUT2D eigenvalue weighted by Gasteiger charge is -2.06. The van der Waals surface area contributed by atoms with E-state index in [1.807, 2.05) is 25.1 Å². The first-order valence-electron chi connectivity index (χ1n) is 7.09. The molecule has 0 unspecified atom stereocenters. The number of fused-ring (bicyclic) bond motifs is 1. The van der Waals surface area contributed by atoms with Gasteiger partial charge in [-0.3, -0.25) is 4.79 Å². The van der Waals surface area contributed by atoms with Crippen molar-refractivity contribution in [1.29, 1.82) is 0 Å². The fraction of sp³-hybridized carbons (Fsp3) is 0.111. The molecule has 5 heteroatoms. The zero-order valence-corrected chi connectivity index (χ0v) is 12.7. The zero-order chi connectivity index (χ0) is 16.6. The average molecular weight is 309 g/mol. The molecule has 1 amide bonds. The number of para-hydroxylation sites is 1. The normalized spacial score (nSPS) is 10.7. The number of hydrogen-bond donors (Lipinski definition) is 2. The third-order valence-electron chi connectivity index (χ3n) is 3.55. The van der Waals surface area contributed by atoms with Gasteiger partial charge in [-0.25, -0.2) is 4.79 Å². The zero-order valence-electron chi connectivity index (χ0n) is 12.7. The quantitative estimate of drug-likeness (QED) is 0.766. The molecule has 3 aromatic rings. The minimum Gasteiger partial charge on any atom is -0.478 e. The van der Waals surface area contributed by atoms with Crippen LogP contribution in [0.4, 0.5) is 5.69 Å². The highest BCUT2D eigenvalue weighted by atomic mass is 16.4. The summed E-state index contributed by atoms with van der Waals surface area (Å²) in [4.78, 5) is 23.4. The maximum atomic E-state index is 12.3. The lowest BCUT2D eigenvalue weighted by Crippen LogP contribution is -2.11. The summed E-state index contributed by atoms with van der Waals surface area (Å²) < 4.78 is 5.61. The van der Waals surface area contributed by atoms with Crippen LogP contribution >= 0.6 is 0 Å². The van der Waals surface area contributed by atoms with Crippen molar-refractivity contribution in [3.05, 3.63) is 64.9 Å². The predicted molar refractivity (Wildman–Crippen MR) is 87.0 cm³/mol. The number of rotatable bonds is 3. The summed E-state index contributed by atoms with van der Waals surface area (Å²) in [5.41, 5.74) is 2.92. The Kier molecular flexibility index (Phi) is 3.62. The molecule has 0 spiro atoms. The van der Waals surface area contributed by atoms with Gasteiger partial charge in [0, 0.05) is 11.1 Å². The molecule has 1 heterocycles. The van der Waals surface area contributed by atoms with Crippen LogP contribution in [0.3, 0.4) is 0 Å². The Morgan fingerprint density at radius 2 is 1.87 bits per heavy atom. The molecule has 3 rings (SSSR count). The van der Waals surface area contributed by atoms with E-state index in [1.54, 1.807) is 25.1 Å². The summed E-state index contributed by atoms with van der Waals surface area (Å²) in [6.45, 7) is 3.68. The molecule has 0 atom stereocenters. The summed E-state index contributed by atoms with van der Waals surface area (Å²) in [6.07, 6.45) is 0. The van der Waals surface area contributed by atoms with Gasteiger partial charge in [0.25, 0.3) is 5.91 Å². The summed E-state index contributed by atoms with van der Waals surface area (Å²) in [5, 5.41) is 12.6. The second kappa shape index (κ2) is 5.61. The number of carbonyl (C=O) groups is 2. The first-order chi connectivity index (χ1) is 10.9. The molecule has 0 aliphatic carbocycles. The number of carboxylic acids is 1. The summed E-state index contributed by atoms with van der Waals surface area (Å²) in [5.74, 6) is -1.27. The molecule has 116 valence electrons. The van der Waals surface area contributed by atoms with Crippen molar-refractivity contribution >= 4 is 28.5 Å². The molecule has 2 aromatic carbocycles. The van der Waals surface area contributed by atoms with Gasteiger partial charge in [-0.2, -0.15) is 0 Å². The van der Waals surface area contributed by atoms with E-state index in [-0.39, 0.29) is 11.3 Å². The average Bonchev–Trinajstić information content (AvgIpc) is 2.92. The number of furan rings is 1. The van der Waals surface area contributed by atoms with Gasteiger partial charge in [0.1, 0.15) is 5.58 Å². The van der Waals surface area contributed by atoms with Crippen LogP contribution < -0.4 is 5.32 Å². The monoisotopic (exact) mass is 309 g/mol. The standard InChI is InChI=1S/C18H15NO4/c1-10-6-13(18(21)22)8-14(7-10)19-17(20)15-9-12-5-3-4-11(2)16(12)23-15/h3-9H,1-2H3,(H,19,20)(H,21,22). The molecule has 5 nitrogen and oxygen atoms in total. The molecule has 2 N–H and O–H groups in total. The smallest absolute Gasteiger partial charge is 0.335 e. The highest BCUT2D eigenvalue weighted by molar-refractivity contribution is 6.05. The number of carboxylic acid groups (broad SMARTS) is 1. The molecule has 0 aliphatic heterocycles. The molecular formula is C18H15NO4. The van der Waals surface area contributed by atoms with Crippen LogP contribution in [0.25, 0.3) is 11.0 Å². The Morgan fingerprint density at radius 3 is 2.57 bits per heavy atom. The van der Waals surface area contributed by atoms with E-state index in [1.165, 1.54) is 6.07 Å². The molecule has 0 fully saturated rings. The van der Waals surface area contributed by atoms with Crippen molar-refractivity contribution in [1.82, 2.24) is 0 Å². The minimum atomic E-state index is -1.04. The first-order valence-corrected chi connectivity index (χ1v) is 7.09. The van der Waals surface area contributed by atoms with Gasteiger partial charge in [-0.15, -0.1) is 0 Å². The van der Waals surface area contributed by atoms with Gasteiger partial charge in [0.2, 0.25) is 0 Å². The topological polar surface area (TPSA) is 79.5 Å². The largest absolute Gasteiger partial charge is 0.478 e. The lowest BCUT2D eigenvalue weighted by atomic mass is 10.1. The van der Waals surface area contributed by atoms with Crippen LogP contribution in [0.5, 0.6) is 0 Å². The third kappa shape index (κ3) is 2.94. The number of aromatic carboxylic acids is 1. The Labute approximate surface area is 132 Å². The van der Waals surface area contributed by atoms with Crippen molar-refractivity contribution in [2.24, 2.45) is 0 Å². The number of amides is 1. The van der Waals surface area contributed by atoms with Gasteiger partial charge in [0.15, 0.2) is 5.76 Å². The van der Waals surface area contributed by atoms with Crippen LogP contribution in [0.1, 0.15) is 32.0 Å². The lowest BCUT2D eigenvalue weighted by molar-refractivity contribution is 0.0696. The minimum absolute atomic E-state index is 0.126. The number of aryl methyl sites for hydroxylation is 2. The summed E-state index contributed by atoms with van der Waals surface area (Å²) in [7, 11) is 0. The SMILES string of the molecule is Cc1cc(NC(=O)c2cc3cccc(C)c3o2)cc(C(=O)O)c1. The maximum absolute atomic E-state index is 12.3. The Bertz CT molecular complexity index is 924. The van der Waals surface area contributed by atoms with Crippen molar-refractivity contribution in [2.45, 2.75) is 13.8 Å². The molecule has 0 bridgehead atoms. The van der Waals surface area contributed by atoms with E-state index in [9.17, 15) is 9.59 Å². The van der Waals surface area contributed by atoms with Crippen LogP contribution in [-0.4, -0.2) is 17.0 Å². The molecule has 0 saturated heterocycles. The Hall–Kier alpha value is -3.08. The van der Waals surface area contributed by atoms with Gasteiger partial charge in [-0.1, -0.05) is 18.2 Å². The summed E-state index contributed by atoms with van der Waals surface area (Å²) >= 11 is 0. The first kappa shape index (κ1) is 14.8. The molecule has 23 heavy (non-hydrogen) atoms. The molecular weight excluding hydrogens is 294 g/mol. The second-order valence-electron chi connectivity index (χ2n) is 5.45. The van der Waals surface area contributed by atoms with Gasteiger partial charge in [0.05, 0.1) is 5.56 Å². The van der Waals surface area contributed by atoms with Crippen molar-refractivity contribution in [3.63, 3.8) is 0 Å². The van der Waals surface area contributed by atoms with Gasteiger partial charge < -0.3 is 14.8 Å². The second-order valence-corrected chi connectivity index (χ2v) is 5.45. The fourth-order valence-corrected chi connectivity index (χ4v) is 2.49. The van der Waals surface area contributed by atoms with E-state index < -0.39 is 11.9 Å². The summed E-state index contributed by atoms with van der Waals surface area (Å²) in [6, 6.07) is 12.0. The van der Waals surface area contributed by atoms with Crippen LogP contribution in [-0.2, 0) is 0 Å². The molecule has 1 aromatic heterocycles. The van der Waals surface area contributed by atoms with Crippen molar-refractivity contribution < 1.29 is 19.1 Å². The van der Waals surface area contributed by atoms with E-state index in [0.29, 0.717) is 11.3 Å². The van der Waals surface area contributed by atoms with Gasteiger partial charge in [-0.05, 0) is 49.2 Å².